The molecular weight excluding hydrogens is 302 g/mol. The van der Waals surface area contributed by atoms with Crippen molar-refractivity contribution in [1.29, 1.82) is 0 Å². The van der Waals surface area contributed by atoms with Gasteiger partial charge in [-0.15, -0.1) is 0 Å². The van der Waals surface area contributed by atoms with Gasteiger partial charge < -0.3 is 20.3 Å². The van der Waals surface area contributed by atoms with Crippen molar-refractivity contribution >= 4 is 5.91 Å². The maximum atomic E-state index is 12.1. The van der Waals surface area contributed by atoms with E-state index in [9.17, 15) is 4.79 Å². The summed E-state index contributed by atoms with van der Waals surface area (Å²) in [7, 11) is 2.10. The molecule has 0 aromatic heterocycles. The van der Waals surface area contributed by atoms with Crippen molar-refractivity contribution in [2.45, 2.75) is 30.8 Å². The monoisotopic (exact) mass is 331 g/mol. The lowest BCUT2D eigenvalue weighted by Gasteiger charge is -2.42. The molecule has 1 unspecified atom stereocenters. The van der Waals surface area contributed by atoms with E-state index in [1.165, 1.54) is 12.0 Å². The molecule has 1 aromatic rings. The number of morpholine rings is 1. The molecule has 1 heterocycles. The van der Waals surface area contributed by atoms with Crippen LogP contribution in [0.2, 0.25) is 0 Å². The van der Waals surface area contributed by atoms with E-state index in [4.69, 9.17) is 4.74 Å². The summed E-state index contributed by atoms with van der Waals surface area (Å²) in [5, 5.41) is 6.34. The summed E-state index contributed by atoms with van der Waals surface area (Å²) in [6.07, 6.45) is 3.74. The van der Waals surface area contributed by atoms with E-state index in [1.807, 2.05) is 6.07 Å². The molecule has 1 saturated heterocycles. The molecule has 0 bridgehead atoms. The maximum absolute atomic E-state index is 12.1. The third-order valence-electron chi connectivity index (χ3n) is 5.32. The standard InChI is InChI=1S/C19H29N3O2/c1-22-10-11-24-17(14-22)12-20-13-18(23)21-15-19(8-5-9-19)16-6-3-2-4-7-16/h2-4,6-7,17,20H,5,8-15H2,1H3,(H,21,23). The van der Waals surface area contributed by atoms with Crippen LogP contribution in [0.1, 0.15) is 24.8 Å². The van der Waals surface area contributed by atoms with E-state index in [-0.39, 0.29) is 17.4 Å². The Hall–Kier alpha value is -1.43. The average Bonchev–Trinajstić information content (AvgIpc) is 2.55. The number of rotatable bonds is 7. The minimum atomic E-state index is 0.0707. The van der Waals surface area contributed by atoms with Crippen molar-refractivity contribution in [2.24, 2.45) is 0 Å². The Balaban J connectivity index is 1.39. The van der Waals surface area contributed by atoms with E-state index in [0.29, 0.717) is 6.54 Å². The Morgan fingerprint density at radius 2 is 2.12 bits per heavy atom. The molecule has 1 aliphatic heterocycles. The highest BCUT2D eigenvalue weighted by atomic mass is 16.5. The predicted molar refractivity (Wildman–Crippen MR) is 95.1 cm³/mol. The van der Waals surface area contributed by atoms with Crippen LogP contribution in [0.5, 0.6) is 0 Å². The van der Waals surface area contributed by atoms with Gasteiger partial charge in [0.2, 0.25) is 5.91 Å². The number of amides is 1. The van der Waals surface area contributed by atoms with Crippen molar-refractivity contribution in [1.82, 2.24) is 15.5 Å². The van der Waals surface area contributed by atoms with Crippen LogP contribution in [0.4, 0.5) is 0 Å². The Kier molecular flexibility index (Phi) is 5.87. The van der Waals surface area contributed by atoms with Crippen LogP contribution < -0.4 is 10.6 Å². The summed E-state index contributed by atoms with van der Waals surface area (Å²) < 4.78 is 5.69. The van der Waals surface area contributed by atoms with Crippen molar-refractivity contribution in [2.75, 3.05) is 46.4 Å². The van der Waals surface area contributed by atoms with E-state index in [1.54, 1.807) is 0 Å². The van der Waals surface area contributed by atoms with Gasteiger partial charge in [-0.25, -0.2) is 0 Å². The van der Waals surface area contributed by atoms with Crippen molar-refractivity contribution < 1.29 is 9.53 Å². The van der Waals surface area contributed by atoms with Crippen LogP contribution in [0.15, 0.2) is 30.3 Å². The molecular formula is C19H29N3O2. The van der Waals surface area contributed by atoms with Crippen molar-refractivity contribution in [3.05, 3.63) is 35.9 Å². The van der Waals surface area contributed by atoms with Crippen LogP contribution in [0, 0.1) is 0 Å². The zero-order valence-corrected chi connectivity index (χ0v) is 14.6. The highest BCUT2D eigenvalue weighted by molar-refractivity contribution is 5.78. The summed E-state index contributed by atoms with van der Waals surface area (Å²) >= 11 is 0. The number of carbonyl (C=O) groups is 1. The molecule has 1 aromatic carbocycles. The van der Waals surface area contributed by atoms with E-state index in [0.717, 1.165) is 45.6 Å². The number of carbonyl (C=O) groups excluding carboxylic acids is 1. The molecule has 0 spiro atoms. The Bertz CT molecular complexity index is 531. The highest BCUT2D eigenvalue weighted by Crippen LogP contribution is 2.43. The molecule has 2 fully saturated rings. The molecule has 5 heteroatoms. The van der Waals surface area contributed by atoms with Gasteiger partial charge in [-0.2, -0.15) is 0 Å². The van der Waals surface area contributed by atoms with Crippen LogP contribution in [0.3, 0.4) is 0 Å². The first-order valence-corrected chi connectivity index (χ1v) is 9.01. The summed E-state index contributed by atoms with van der Waals surface area (Å²) in [5.74, 6) is 0.0707. The van der Waals surface area contributed by atoms with Gasteiger partial charge in [0.1, 0.15) is 0 Å². The fraction of sp³-hybridized carbons (Fsp3) is 0.632. The fourth-order valence-corrected chi connectivity index (χ4v) is 3.63. The number of hydrogen-bond donors (Lipinski definition) is 2. The van der Waals surface area contributed by atoms with E-state index in [2.05, 4.69) is 46.8 Å². The van der Waals surface area contributed by atoms with Gasteiger partial charge in [-0.1, -0.05) is 36.8 Å². The molecule has 1 aliphatic carbocycles. The topological polar surface area (TPSA) is 53.6 Å². The molecule has 1 atom stereocenters. The second-order valence-corrected chi connectivity index (χ2v) is 7.16. The van der Waals surface area contributed by atoms with E-state index >= 15 is 0 Å². The Morgan fingerprint density at radius 1 is 1.33 bits per heavy atom. The maximum Gasteiger partial charge on any atom is 0.233 e. The van der Waals surface area contributed by atoms with Crippen LogP contribution in [0.25, 0.3) is 0 Å². The van der Waals surface area contributed by atoms with Gasteiger partial charge in [0, 0.05) is 31.6 Å². The molecule has 5 nitrogen and oxygen atoms in total. The average molecular weight is 331 g/mol. The fourth-order valence-electron chi connectivity index (χ4n) is 3.63. The molecule has 3 rings (SSSR count). The third kappa shape index (κ3) is 4.35. The smallest absolute Gasteiger partial charge is 0.233 e. The number of ether oxygens (including phenoxy) is 1. The number of nitrogens with one attached hydrogen (secondary N) is 2. The number of hydrogen-bond acceptors (Lipinski definition) is 4. The minimum Gasteiger partial charge on any atom is -0.374 e. The molecule has 1 saturated carbocycles. The predicted octanol–water partition coefficient (Wildman–Crippen LogP) is 1.14. The first-order valence-electron chi connectivity index (χ1n) is 9.01. The van der Waals surface area contributed by atoms with Gasteiger partial charge in [-0.05, 0) is 25.5 Å². The molecule has 1 amide bonds. The number of likely N-dealkylation sites (N-methyl/N-ethyl adjacent to an activating group) is 1. The van der Waals surface area contributed by atoms with Gasteiger partial charge in [0.25, 0.3) is 0 Å². The number of benzene rings is 1. The molecule has 132 valence electrons. The number of nitrogens with zero attached hydrogens (tertiary/aromatic N) is 1. The first kappa shape index (κ1) is 17.4. The Morgan fingerprint density at radius 3 is 2.79 bits per heavy atom. The summed E-state index contributed by atoms with van der Waals surface area (Å²) in [6, 6.07) is 10.6. The third-order valence-corrected chi connectivity index (χ3v) is 5.32. The van der Waals surface area contributed by atoms with Crippen LogP contribution in [-0.2, 0) is 14.9 Å². The van der Waals surface area contributed by atoms with Gasteiger partial charge >= 0.3 is 0 Å². The zero-order chi connectivity index (χ0) is 16.8. The van der Waals surface area contributed by atoms with Crippen molar-refractivity contribution in [3.8, 4) is 0 Å². The minimum absolute atomic E-state index is 0.0707. The summed E-state index contributed by atoms with van der Waals surface area (Å²) in [6.45, 7) is 4.50. The highest BCUT2D eigenvalue weighted by Gasteiger charge is 2.38. The molecule has 2 N–H and O–H groups in total. The normalized spacial score (nSPS) is 23.5. The Labute approximate surface area is 144 Å². The largest absolute Gasteiger partial charge is 0.374 e. The van der Waals surface area contributed by atoms with Gasteiger partial charge in [-0.3, -0.25) is 4.79 Å². The molecule has 0 radical (unpaired) electrons. The lowest BCUT2D eigenvalue weighted by molar-refractivity contribution is -0.120. The summed E-state index contributed by atoms with van der Waals surface area (Å²) in [4.78, 5) is 14.4. The van der Waals surface area contributed by atoms with Gasteiger partial charge in [0.15, 0.2) is 0 Å². The SMILES string of the molecule is CN1CCOC(CNCC(=O)NCC2(c3ccccc3)CCC2)C1. The van der Waals surface area contributed by atoms with Crippen LogP contribution in [-0.4, -0.2) is 63.3 Å². The lowest BCUT2D eigenvalue weighted by Crippen LogP contribution is -2.49. The second kappa shape index (κ2) is 8.10. The quantitative estimate of drug-likeness (QED) is 0.787. The van der Waals surface area contributed by atoms with E-state index < -0.39 is 0 Å². The summed E-state index contributed by atoms with van der Waals surface area (Å²) in [5.41, 5.74) is 1.50. The second-order valence-electron chi connectivity index (χ2n) is 7.16. The molecule has 24 heavy (non-hydrogen) atoms. The van der Waals surface area contributed by atoms with Crippen LogP contribution >= 0.6 is 0 Å². The lowest BCUT2D eigenvalue weighted by atomic mass is 9.64. The van der Waals surface area contributed by atoms with Gasteiger partial charge in [0.05, 0.1) is 19.3 Å². The first-order chi connectivity index (χ1) is 11.7. The zero-order valence-electron chi connectivity index (χ0n) is 14.6. The van der Waals surface area contributed by atoms with Crippen molar-refractivity contribution in [3.63, 3.8) is 0 Å². The molecule has 2 aliphatic rings.